The molecule has 0 fully saturated rings. The van der Waals surface area contributed by atoms with E-state index in [2.05, 4.69) is 0 Å². The summed E-state index contributed by atoms with van der Waals surface area (Å²) >= 11 is 10.7. The molecular formula is C11H13ClN2OS. The highest BCUT2D eigenvalue weighted by Crippen LogP contribution is 2.16. The van der Waals surface area contributed by atoms with Crippen molar-refractivity contribution in [3.8, 4) is 0 Å². The van der Waals surface area contributed by atoms with Crippen molar-refractivity contribution in [2.24, 2.45) is 5.73 Å². The van der Waals surface area contributed by atoms with Gasteiger partial charge in [-0.25, -0.2) is 0 Å². The van der Waals surface area contributed by atoms with Gasteiger partial charge in [0.2, 0.25) is 0 Å². The Hall–Kier alpha value is -1.13. The zero-order chi connectivity index (χ0) is 12.1. The molecule has 0 saturated carbocycles. The maximum Gasteiger partial charge on any atom is 0.255 e. The van der Waals surface area contributed by atoms with Crippen molar-refractivity contribution < 1.29 is 4.79 Å². The molecule has 0 saturated heterocycles. The molecule has 0 heterocycles. The number of halogens is 1. The highest BCUT2D eigenvalue weighted by atomic mass is 35.5. The molecule has 0 spiro atoms. The van der Waals surface area contributed by atoms with Gasteiger partial charge in [0.1, 0.15) is 0 Å². The smallest absolute Gasteiger partial charge is 0.255 e. The third-order valence-electron chi connectivity index (χ3n) is 2.14. The monoisotopic (exact) mass is 256 g/mol. The van der Waals surface area contributed by atoms with E-state index in [1.807, 2.05) is 0 Å². The largest absolute Gasteiger partial charge is 0.393 e. The Bertz CT molecular complexity index is 409. The van der Waals surface area contributed by atoms with Gasteiger partial charge in [0.15, 0.2) is 0 Å². The number of carbonyl (C=O) groups excluding carboxylic acids is 1. The van der Waals surface area contributed by atoms with Crippen molar-refractivity contribution >= 4 is 34.7 Å². The Morgan fingerprint density at radius 3 is 2.69 bits per heavy atom. The minimum Gasteiger partial charge on any atom is -0.393 e. The van der Waals surface area contributed by atoms with Crippen molar-refractivity contribution in [3.63, 3.8) is 0 Å². The van der Waals surface area contributed by atoms with E-state index in [1.165, 1.54) is 0 Å². The molecule has 5 heteroatoms. The first-order valence-electron chi connectivity index (χ1n) is 4.80. The molecule has 1 aromatic carbocycles. The summed E-state index contributed by atoms with van der Waals surface area (Å²) in [6.07, 6.45) is 0.516. The van der Waals surface area contributed by atoms with Crippen LogP contribution in [0.4, 0.5) is 0 Å². The second kappa shape index (κ2) is 5.82. The Labute approximate surface area is 105 Å². The molecule has 3 nitrogen and oxygen atoms in total. The highest BCUT2D eigenvalue weighted by molar-refractivity contribution is 7.80. The molecule has 0 aromatic heterocycles. The predicted molar refractivity (Wildman–Crippen MR) is 69.8 cm³/mol. The van der Waals surface area contributed by atoms with Crippen LogP contribution in [0.15, 0.2) is 24.3 Å². The van der Waals surface area contributed by atoms with E-state index < -0.39 is 0 Å². The fourth-order valence-corrected chi connectivity index (χ4v) is 1.53. The van der Waals surface area contributed by atoms with Gasteiger partial charge < -0.3 is 10.6 Å². The van der Waals surface area contributed by atoms with Crippen LogP contribution in [0.1, 0.15) is 16.8 Å². The summed E-state index contributed by atoms with van der Waals surface area (Å²) in [5, 5.41) is 0.453. The molecule has 0 radical (unpaired) electrons. The molecule has 86 valence electrons. The highest BCUT2D eigenvalue weighted by Gasteiger charge is 2.14. The van der Waals surface area contributed by atoms with E-state index in [0.29, 0.717) is 28.5 Å². The van der Waals surface area contributed by atoms with Crippen LogP contribution in [0.2, 0.25) is 5.02 Å². The number of benzene rings is 1. The zero-order valence-corrected chi connectivity index (χ0v) is 10.5. The number of carbonyl (C=O) groups is 1. The standard InChI is InChI=1S/C11H13ClN2OS/c1-14(7-6-10(13)16)11(15)8-4-2-3-5-9(8)12/h2-5H,6-7H2,1H3,(H2,13,16). The molecule has 1 amide bonds. The van der Waals surface area contributed by atoms with E-state index in [1.54, 1.807) is 36.2 Å². The molecular weight excluding hydrogens is 244 g/mol. The van der Waals surface area contributed by atoms with E-state index >= 15 is 0 Å². The number of nitrogens with zero attached hydrogens (tertiary/aromatic N) is 1. The summed E-state index contributed by atoms with van der Waals surface area (Å²) in [6, 6.07) is 6.95. The van der Waals surface area contributed by atoms with Crippen molar-refractivity contribution in [1.29, 1.82) is 0 Å². The van der Waals surface area contributed by atoms with E-state index in [4.69, 9.17) is 29.6 Å². The van der Waals surface area contributed by atoms with Gasteiger partial charge in [-0.15, -0.1) is 0 Å². The molecule has 2 N–H and O–H groups in total. The van der Waals surface area contributed by atoms with Crippen molar-refractivity contribution in [2.45, 2.75) is 6.42 Å². The molecule has 0 atom stereocenters. The molecule has 0 bridgehead atoms. The van der Waals surface area contributed by atoms with Crippen LogP contribution < -0.4 is 5.73 Å². The van der Waals surface area contributed by atoms with E-state index in [0.717, 1.165) is 0 Å². The number of nitrogens with two attached hydrogens (primary N) is 1. The van der Waals surface area contributed by atoms with Gasteiger partial charge in [0.25, 0.3) is 5.91 Å². The lowest BCUT2D eigenvalue weighted by molar-refractivity contribution is 0.0799. The number of thiocarbonyl (C=S) groups is 1. The number of rotatable bonds is 4. The molecule has 1 rings (SSSR count). The lowest BCUT2D eigenvalue weighted by Crippen LogP contribution is -2.30. The first kappa shape index (κ1) is 12.9. The van der Waals surface area contributed by atoms with Crippen LogP contribution in [-0.4, -0.2) is 29.4 Å². The fraction of sp³-hybridized carbons (Fsp3) is 0.273. The normalized spacial score (nSPS) is 9.88. The van der Waals surface area contributed by atoms with E-state index in [-0.39, 0.29) is 5.91 Å². The second-order valence-corrected chi connectivity index (χ2v) is 4.35. The number of amides is 1. The first-order chi connectivity index (χ1) is 7.52. The summed E-state index contributed by atoms with van der Waals surface area (Å²) < 4.78 is 0. The topological polar surface area (TPSA) is 46.3 Å². The Morgan fingerprint density at radius 2 is 2.12 bits per heavy atom. The van der Waals surface area contributed by atoms with Gasteiger partial charge in [0, 0.05) is 20.0 Å². The minimum atomic E-state index is -0.123. The summed E-state index contributed by atoms with van der Waals surface area (Å²) in [6.45, 7) is 0.499. The molecule has 0 aliphatic rings. The summed E-state index contributed by atoms with van der Waals surface area (Å²) in [5.41, 5.74) is 5.87. The van der Waals surface area contributed by atoms with Crippen molar-refractivity contribution in [1.82, 2.24) is 4.90 Å². The van der Waals surface area contributed by atoms with Gasteiger partial charge in [-0.3, -0.25) is 4.79 Å². The average molecular weight is 257 g/mol. The van der Waals surface area contributed by atoms with Gasteiger partial charge >= 0.3 is 0 Å². The third-order valence-corrected chi connectivity index (χ3v) is 2.68. The van der Waals surface area contributed by atoms with E-state index in [9.17, 15) is 4.79 Å². The van der Waals surface area contributed by atoms with Crippen LogP contribution in [-0.2, 0) is 0 Å². The Balaban J connectivity index is 2.71. The molecule has 16 heavy (non-hydrogen) atoms. The first-order valence-corrected chi connectivity index (χ1v) is 5.59. The quantitative estimate of drug-likeness (QED) is 0.839. The average Bonchev–Trinajstić information content (AvgIpc) is 2.25. The second-order valence-electron chi connectivity index (χ2n) is 3.42. The van der Waals surface area contributed by atoms with Gasteiger partial charge in [-0.05, 0) is 12.1 Å². The van der Waals surface area contributed by atoms with Crippen molar-refractivity contribution in [2.75, 3.05) is 13.6 Å². The number of hydrogen-bond acceptors (Lipinski definition) is 2. The molecule has 0 unspecified atom stereocenters. The fourth-order valence-electron chi connectivity index (χ4n) is 1.22. The predicted octanol–water partition coefficient (Wildman–Crippen LogP) is 2.09. The zero-order valence-electron chi connectivity index (χ0n) is 8.94. The number of hydrogen-bond donors (Lipinski definition) is 1. The summed E-state index contributed by atoms with van der Waals surface area (Å²) in [7, 11) is 1.70. The molecule has 1 aromatic rings. The van der Waals surface area contributed by atoms with Gasteiger partial charge in [0.05, 0.1) is 15.6 Å². The van der Waals surface area contributed by atoms with Crippen LogP contribution in [0.5, 0.6) is 0 Å². The van der Waals surface area contributed by atoms with Gasteiger partial charge in [-0.1, -0.05) is 36.0 Å². The summed E-state index contributed by atoms with van der Waals surface area (Å²) in [4.78, 5) is 13.9. The molecule has 0 aliphatic carbocycles. The summed E-state index contributed by atoms with van der Waals surface area (Å²) in [5.74, 6) is -0.123. The molecule has 0 aliphatic heterocycles. The SMILES string of the molecule is CN(CCC(N)=S)C(=O)c1ccccc1Cl. The van der Waals surface area contributed by atoms with Gasteiger partial charge in [-0.2, -0.15) is 0 Å². The van der Waals surface area contributed by atoms with Crippen LogP contribution in [0.3, 0.4) is 0 Å². The lowest BCUT2D eigenvalue weighted by atomic mass is 10.2. The van der Waals surface area contributed by atoms with Crippen molar-refractivity contribution in [3.05, 3.63) is 34.9 Å². The third kappa shape index (κ3) is 3.47. The lowest BCUT2D eigenvalue weighted by Gasteiger charge is -2.17. The minimum absolute atomic E-state index is 0.123. The Morgan fingerprint density at radius 1 is 1.50 bits per heavy atom. The van der Waals surface area contributed by atoms with Crippen LogP contribution in [0.25, 0.3) is 0 Å². The maximum atomic E-state index is 11.9. The van der Waals surface area contributed by atoms with Crippen LogP contribution >= 0.6 is 23.8 Å². The Kier molecular flexibility index (Phi) is 4.71. The van der Waals surface area contributed by atoms with Crippen LogP contribution in [0, 0.1) is 0 Å². The maximum absolute atomic E-state index is 11.9.